The monoisotopic (exact) mass is 490 g/mol. The van der Waals surface area contributed by atoms with E-state index >= 15 is 0 Å². The van der Waals surface area contributed by atoms with Crippen LogP contribution in [0.25, 0.3) is 11.1 Å². The number of nitrogens with zero attached hydrogens (tertiary/aromatic N) is 4. The summed E-state index contributed by atoms with van der Waals surface area (Å²) in [6.45, 7) is 2.10. The summed E-state index contributed by atoms with van der Waals surface area (Å²) < 4.78 is 81.5. The molecule has 0 aliphatic heterocycles. The number of hydrogen-bond acceptors (Lipinski definition) is 3. The maximum Gasteiger partial charge on any atom is 0.416 e. The standard InChI is InChI=1S/C25H20F6N4/c1-2-22-33-34-23(12-16-10-19(24(26,27)28)13-20(11-16)25(29,30)31)35(22)15-18-14-32-9-8-21(18)17-6-4-3-5-7-17/h3-11,13-14H,2,12,15H2,1H3. The molecule has 2 aromatic heterocycles. The Morgan fingerprint density at radius 1 is 0.800 bits per heavy atom. The van der Waals surface area contributed by atoms with E-state index in [2.05, 4.69) is 15.2 Å². The maximum absolute atomic E-state index is 13.3. The summed E-state index contributed by atoms with van der Waals surface area (Å²) >= 11 is 0. The molecule has 35 heavy (non-hydrogen) atoms. The van der Waals surface area contributed by atoms with Gasteiger partial charge in [0.15, 0.2) is 0 Å². The molecule has 10 heteroatoms. The number of hydrogen-bond donors (Lipinski definition) is 0. The number of benzene rings is 2. The first-order valence-electron chi connectivity index (χ1n) is 10.7. The summed E-state index contributed by atoms with van der Waals surface area (Å²) in [7, 11) is 0. The highest BCUT2D eigenvalue weighted by atomic mass is 19.4. The van der Waals surface area contributed by atoms with Crippen LogP contribution >= 0.6 is 0 Å². The zero-order chi connectivity index (χ0) is 25.2. The second-order valence-corrected chi connectivity index (χ2v) is 7.96. The third-order valence-corrected chi connectivity index (χ3v) is 5.55. The average molecular weight is 490 g/mol. The SMILES string of the molecule is CCc1nnc(Cc2cc(C(F)(F)F)cc(C(F)(F)F)c2)n1Cc1cnccc1-c1ccccc1. The Kier molecular flexibility index (Phi) is 6.64. The molecule has 0 atom stereocenters. The van der Waals surface area contributed by atoms with Gasteiger partial charge in [-0.1, -0.05) is 37.3 Å². The first-order valence-corrected chi connectivity index (χ1v) is 10.7. The molecule has 2 aromatic carbocycles. The highest BCUT2D eigenvalue weighted by molar-refractivity contribution is 5.66. The third kappa shape index (κ3) is 5.52. The van der Waals surface area contributed by atoms with Crippen LogP contribution < -0.4 is 0 Å². The van der Waals surface area contributed by atoms with Crippen molar-refractivity contribution in [2.45, 2.75) is 38.7 Å². The van der Waals surface area contributed by atoms with Crippen molar-refractivity contribution in [3.05, 3.63) is 101 Å². The fraction of sp³-hybridized carbons (Fsp3) is 0.240. The van der Waals surface area contributed by atoms with Crippen LogP contribution in [0, 0.1) is 0 Å². The van der Waals surface area contributed by atoms with E-state index in [0.717, 1.165) is 28.8 Å². The van der Waals surface area contributed by atoms with Gasteiger partial charge in [-0.25, -0.2) is 0 Å². The largest absolute Gasteiger partial charge is 0.416 e. The van der Waals surface area contributed by atoms with Gasteiger partial charge < -0.3 is 4.57 Å². The molecule has 0 saturated carbocycles. The highest BCUT2D eigenvalue weighted by Gasteiger charge is 2.37. The van der Waals surface area contributed by atoms with Gasteiger partial charge in [-0.15, -0.1) is 10.2 Å². The molecule has 2 heterocycles. The number of halogens is 6. The predicted molar refractivity (Wildman–Crippen MR) is 117 cm³/mol. The van der Waals surface area contributed by atoms with E-state index < -0.39 is 23.5 Å². The van der Waals surface area contributed by atoms with E-state index in [4.69, 9.17) is 0 Å². The van der Waals surface area contributed by atoms with Crippen LogP contribution in [-0.2, 0) is 31.7 Å². The zero-order valence-electron chi connectivity index (χ0n) is 18.5. The van der Waals surface area contributed by atoms with Gasteiger partial charge in [0, 0.05) is 25.2 Å². The lowest BCUT2D eigenvalue weighted by molar-refractivity contribution is -0.143. The Labute approximate surface area is 197 Å². The molecule has 4 rings (SSSR count). The Bertz CT molecular complexity index is 1280. The molecule has 0 bridgehead atoms. The van der Waals surface area contributed by atoms with E-state index in [1.165, 1.54) is 0 Å². The lowest BCUT2D eigenvalue weighted by Gasteiger charge is -2.16. The molecule has 0 aliphatic rings. The van der Waals surface area contributed by atoms with Crippen LogP contribution in [0.4, 0.5) is 26.3 Å². The average Bonchev–Trinajstić information content (AvgIpc) is 3.19. The van der Waals surface area contributed by atoms with E-state index in [-0.39, 0.29) is 30.4 Å². The third-order valence-electron chi connectivity index (χ3n) is 5.55. The summed E-state index contributed by atoms with van der Waals surface area (Å²) in [4.78, 5) is 4.19. The normalized spacial score (nSPS) is 12.2. The molecule has 0 spiro atoms. The summed E-state index contributed by atoms with van der Waals surface area (Å²) in [5.74, 6) is 0.822. The Morgan fingerprint density at radius 2 is 1.43 bits per heavy atom. The van der Waals surface area contributed by atoms with Crippen molar-refractivity contribution < 1.29 is 26.3 Å². The Balaban J connectivity index is 1.74. The number of aromatic nitrogens is 4. The van der Waals surface area contributed by atoms with E-state index in [0.29, 0.717) is 12.2 Å². The summed E-state index contributed by atoms with van der Waals surface area (Å²) in [5, 5.41) is 8.21. The molecular formula is C25H20F6N4. The van der Waals surface area contributed by atoms with Crippen molar-refractivity contribution in [2.24, 2.45) is 0 Å². The summed E-state index contributed by atoms with van der Waals surface area (Å²) in [5.41, 5.74) is -0.205. The van der Waals surface area contributed by atoms with E-state index in [1.807, 2.05) is 43.3 Å². The van der Waals surface area contributed by atoms with Gasteiger partial charge in [-0.05, 0) is 46.5 Å². The second kappa shape index (κ2) is 9.52. The lowest BCUT2D eigenvalue weighted by Crippen LogP contribution is -2.13. The first kappa shape index (κ1) is 24.4. The van der Waals surface area contributed by atoms with Crippen molar-refractivity contribution in [3.8, 4) is 11.1 Å². The summed E-state index contributed by atoms with van der Waals surface area (Å²) in [6, 6.07) is 13.0. The van der Waals surface area contributed by atoms with Crippen LogP contribution in [0.3, 0.4) is 0 Å². The van der Waals surface area contributed by atoms with E-state index in [9.17, 15) is 26.3 Å². The van der Waals surface area contributed by atoms with Crippen LogP contribution in [0.2, 0.25) is 0 Å². The molecular weight excluding hydrogens is 470 g/mol. The first-order chi connectivity index (χ1) is 16.6. The molecule has 4 aromatic rings. The lowest BCUT2D eigenvalue weighted by atomic mass is 10.0. The molecule has 0 unspecified atom stereocenters. The number of rotatable bonds is 6. The van der Waals surface area contributed by atoms with Crippen LogP contribution in [0.15, 0.2) is 67.0 Å². The molecule has 0 aliphatic carbocycles. The zero-order valence-corrected chi connectivity index (χ0v) is 18.5. The predicted octanol–water partition coefficient (Wildman–Crippen LogP) is 6.58. The minimum absolute atomic E-state index is 0.119. The molecule has 0 N–H and O–H groups in total. The van der Waals surface area contributed by atoms with Gasteiger partial charge in [0.2, 0.25) is 0 Å². The second-order valence-electron chi connectivity index (χ2n) is 7.96. The molecule has 0 saturated heterocycles. The van der Waals surface area contributed by atoms with Gasteiger partial charge in [0.1, 0.15) is 11.6 Å². The van der Waals surface area contributed by atoms with Crippen molar-refractivity contribution in [2.75, 3.05) is 0 Å². The highest BCUT2D eigenvalue weighted by Crippen LogP contribution is 2.36. The molecule has 182 valence electrons. The van der Waals surface area contributed by atoms with Gasteiger partial charge in [0.25, 0.3) is 0 Å². The van der Waals surface area contributed by atoms with Crippen molar-refractivity contribution >= 4 is 0 Å². The summed E-state index contributed by atoms with van der Waals surface area (Å²) in [6.07, 6.45) is -6.28. The topological polar surface area (TPSA) is 43.6 Å². The van der Waals surface area contributed by atoms with E-state index in [1.54, 1.807) is 17.0 Å². The van der Waals surface area contributed by atoms with Crippen molar-refractivity contribution in [1.82, 2.24) is 19.7 Å². The molecule has 0 radical (unpaired) electrons. The molecule has 0 amide bonds. The van der Waals surface area contributed by atoms with Crippen LogP contribution in [0.5, 0.6) is 0 Å². The minimum atomic E-state index is -4.92. The van der Waals surface area contributed by atoms with Gasteiger partial charge in [-0.2, -0.15) is 26.3 Å². The van der Waals surface area contributed by atoms with Crippen LogP contribution in [-0.4, -0.2) is 19.7 Å². The van der Waals surface area contributed by atoms with Gasteiger partial charge in [0.05, 0.1) is 17.7 Å². The Morgan fingerprint density at radius 3 is 2.03 bits per heavy atom. The number of aryl methyl sites for hydroxylation is 1. The number of pyridine rings is 1. The molecule has 0 fully saturated rings. The molecule has 4 nitrogen and oxygen atoms in total. The minimum Gasteiger partial charge on any atom is -0.310 e. The smallest absolute Gasteiger partial charge is 0.310 e. The van der Waals surface area contributed by atoms with Gasteiger partial charge in [-0.3, -0.25) is 4.98 Å². The Hall–Kier alpha value is -3.69. The van der Waals surface area contributed by atoms with Gasteiger partial charge >= 0.3 is 12.4 Å². The fourth-order valence-corrected chi connectivity index (χ4v) is 3.87. The number of alkyl halides is 6. The fourth-order valence-electron chi connectivity index (χ4n) is 3.87. The quantitative estimate of drug-likeness (QED) is 0.287. The van der Waals surface area contributed by atoms with Crippen LogP contribution in [0.1, 0.15) is 40.8 Å². The van der Waals surface area contributed by atoms with Crippen molar-refractivity contribution in [3.63, 3.8) is 0 Å². The van der Waals surface area contributed by atoms with Crippen molar-refractivity contribution in [1.29, 1.82) is 0 Å². The maximum atomic E-state index is 13.3.